The lowest BCUT2D eigenvalue weighted by molar-refractivity contribution is -0.126. The molecule has 1 fully saturated rings. The van der Waals surface area contributed by atoms with Crippen LogP contribution in [0.1, 0.15) is 28.1 Å². The molecule has 2 amide bonds. The van der Waals surface area contributed by atoms with E-state index in [0.717, 1.165) is 28.8 Å². The Hall–Kier alpha value is -4.03. The molecule has 2 N–H and O–H groups in total. The smallest absolute Gasteiger partial charge is 0.268 e. The van der Waals surface area contributed by atoms with Crippen LogP contribution in [-0.4, -0.2) is 62.0 Å². The highest BCUT2D eigenvalue weighted by Crippen LogP contribution is 2.29. The number of likely N-dealkylation sites (tertiary alicyclic amines) is 1. The second kappa shape index (κ2) is 11.8. The third-order valence-electron chi connectivity index (χ3n) is 6.55. The van der Waals surface area contributed by atoms with Crippen molar-refractivity contribution in [3.63, 3.8) is 0 Å². The van der Waals surface area contributed by atoms with Crippen molar-refractivity contribution in [2.45, 2.75) is 38.4 Å². The van der Waals surface area contributed by atoms with Gasteiger partial charge >= 0.3 is 0 Å². The van der Waals surface area contributed by atoms with Gasteiger partial charge in [0.2, 0.25) is 11.9 Å². The second-order valence-corrected chi connectivity index (χ2v) is 10.2. The summed E-state index contributed by atoms with van der Waals surface area (Å²) >= 11 is 1.30. The summed E-state index contributed by atoms with van der Waals surface area (Å²) in [6, 6.07) is 12.6. The zero-order chi connectivity index (χ0) is 27.4. The average molecular weight is 552 g/mol. The monoisotopic (exact) mass is 551 g/mol. The van der Waals surface area contributed by atoms with Gasteiger partial charge in [-0.05, 0) is 60.9 Å². The Labute approximate surface area is 227 Å². The van der Waals surface area contributed by atoms with E-state index in [2.05, 4.69) is 27.4 Å². The summed E-state index contributed by atoms with van der Waals surface area (Å²) in [6.07, 6.45) is 2.16. The molecule has 3 aromatic heterocycles. The Balaban J connectivity index is 1.43. The molecule has 1 aromatic carbocycles. The molecule has 0 aliphatic carbocycles. The van der Waals surface area contributed by atoms with Crippen molar-refractivity contribution in [3.05, 3.63) is 71.8 Å². The van der Waals surface area contributed by atoms with Gasteiger partial charge in [0.1, 0.15) is 5.69 Å². The van der Waals surface area contributed by atoms with Crippen LogP contribution >= 0.6 is 11.3 Å². The first-order valence-electron chi connectivity index (χ1n) is 12.5. The summed E-state index contributed by atoms with van der Waals surface area (Å²) in [7, 11) is 0. The fourth-order valence-corrected chi connectivity index (χ4v) is 5.59. The SMILES string of the molecule is C=CC(=O)N1CCC[C@@H]1Cn1c(NC(=O)c2ccc(-c3cccnn3)s2)nc2cc(CNCC(F)F)ccc21. The van der Waals surface area contributed by atoms with Gasteiger partial charge in [-0.1, -0.05) is 12.6 Å². The molecule has 4 heterocycles. The van der Waals surface area contributed by atoms with Gasteiger partial charge in [0.25, 0.3) is 12.3 Å². The topological polar surface area (TPSA) is 105 Å². The van der Waals surface area contributed by atoms with Crippen molar-refractivity contribution in [2.75, 3.05) is 18.4 Å². The molecule has 12 heteroatoms. The van der Waals surface area contributed by atoms with Crippen LogP contribution < -0.4 is 10.6 Å². The molecule has 1 saturated heterocycles. The first-order valence-corrected chi connectivity index (χ1v) is 13.3. The molecule has 1 atom stereocenters. The highest BCUT2D eigenvalue weighted by Gasteiger charge is 2.29. The quantitative estimate of drug-likeness (QED) is 0.284. The normalized spacial score (nSPS) is 15.3. The number of alkyl halides is 2. The Bertz CT molecular complexity index is 1490. The molecule has 0 spiro atoms. The maximum atomic E-state index is 13.3. The van der Waals surface area contributed by atoms with Crippen LogP contribution in [0, 0.1) is 0 Å². The second-order valence-electron chi connectivity index (χ2n) is 9.15. The standard InChI is InChI=1S/C27H27F2N7O2S/c1-2-25(37)35-12-4-5-18(35)16-36-21-8-7-17(14-30-15-24(28)29)13-20(21)32-27(36)33-26(38)23-10-9-22(39-23)19-6-3-11-31-34-19/h2-3,6-11,13,18,24,30H,1,4-5,12,14-16H2,(H,32,33,38)/t18-/m1/s1. The fraction of sp³-hybridized carbons (Fsp3) is 0.296. The zero-order valence-electron chi connectivity index (χ0n) is 21.0. The summed E-state index contributed by atoms with van der Waals surface area (Å²) in [5, 5.41) is 13.7. The molecule has 0 radical (unpaired) electrons. The molecule has 0 unspecified atom stereocenters. The minimum Gasteiger partial charge on any atom is -0.334 e. The maximum Gasteiger partial charge on any atom is 0.268 e. The number of anilines is 1. The van der Waals surface area contributed by atoms with Crippen molar-refractivity contribution in [1.82, 2.24) is 30.0 Å². The van der Waals surface area contributed by atoms with Crippen molar-refractivity contribution >= 4 is 40.1 Å². The van der Waals surface area contributed by atoms with Crippen LogP contribution in [0.15, 0.2) is 61.3 Å². The maximum absolute atomic E-state index is 13.3. The number of thiophene rings is 1. The highest BCUT2D eigenvalue weighted by atomic mass is 32.1. The Morgan fingerprint density at radius 1 is 1.23 bits per heavy atom. The molecule has 1 aliphatic rings. The van der Waals surface area contributed by atoms with Crippen LogP contribution in [0.5, 0.6) is 0 Å². The molecular weight excluding hydrogens is 524 g/mol. The van der Waals surface area contributed by atoms with E-state index in [-0.39, 0.29) is 24.4 Å². The first-order chi connectivity index (χ1) is 18.9. The van der Waals surface area contributed by atoms with E-state index < -0.39 is 13.0 Å². The van der Waals surface area contributed by atoms with Crippen molar-refractivity contribution in [2.24, 2.45) is 0 Å². The predicted molar refractivity (Wildman–Crippen MR) is 146 cm³/mol. The summed E-state index contributed by atoms with van der Waals surface area (Å²) < 4.78 is 27.0. The van der Waals surface area contributed by atoms with Crippen LogP contribution in [0.3, 0.4) is 0 Å². The molecule has 9 nitrogen and oxygen atoms in total. The van der Waals surface area contributed by atoms with E-state index in [0.29, 0.717) is 35.1 Å². The van der Waals surface area contributed by atoms with Crippen molar-refractivity contribution in [3.8, 4) is 10.6 Å². The highest BCUT2D eigenvalue weighted by molar-refractivity contribution is 7.17. The number of hydrogen-bond donors (Lipinski definition) is 2. The summed E-state index contributed by atoms with van der Waals surface area (Å²) in [6.45, 7) is 4.56. The lowest BCUT2D eigenvalue weighted by Gasteiger charge is -2.24. The predicted octanol–water partition coefficient (Wildman–Crippen LogP) is 4.34. The van der Waals surface area contributed by atoms with E-state index >= 15 is 0 Å². The summed E-state index contributed by atoms with van der Waals surface area (Å²) in [5.41, 5.74) is 2.86. The van der Waals surface area contributed by atoms with Crippen molar-refractivity contribution < 1.29 is 18.4 Å². The third kappa shape index (κ3) is 6.02. The Morgan fingerprint density at radius 3 is 2.87 bits per heavy atom. The number of imidazole rings is 1. The van der Waals surface area contributed by atoms with Gasteiger partial charge in [-0.3, -0.25) is 14.9 Å². The van der Waals surface area contributed by atoms with E-state index in [1.165, 1.54) is 17.4 Å². The van der Waals surface area contributed by atoms with Crippen LogP contribution in [0.25, 0.3) is 21.6 Å². The van der Waals surface area contributed by atoms with Gasteiger partial charge in [-0.2, -0.15) is 5.10 Å². The fourth-order valence-electron chi connectivity index (χ4n) is 4.73. The third-order valence-corrected chi connectivity index (χ3v) is 7.65. The zero-order valence-corrected chi connectivity index (χ0v) is 21.8. The largest absolute Gasteiger partial charge is 0.334 e. The van der Waals surface area contributed by atoms with Gasteiger partial charge in [0.05, 0.1) is 33.4 Å². The molecule has 4 aromatic rings. The van der Waals surface area contributed by atoms with Crippen molar-refractivity contribution in [1.29, 1.82) is 0 Å². The molecule has 202 valence electrons. The number of fused-ring (bicyclic) bond motifs is 1. The number of aromatic nitrogens is 4. The lowest BCUT2D eigenvalue weighted by Crippen LogP contribution is -2.37. The van der Waals surface area contributed by atoms with Gasteiger partial charge < -0.3 is 14.8 Å². The number of benzene rings is 1. The number of rotatable bonds is 10. The number of amides is 2. The summed E-state index contributed by atoms with van der Waals surface area (Å²) in [4.78, 5) is 33.5. The molecule has 0 saturated carbocycles. The molecule has 5 rings (SSSR count). The molecule has 0 bridgehead atoms. The number of carbonyl (C=O) groups is 2. The number of hydrogen-bond acceptors (Lipinski definition) is 7. The minimum atomic E-state index is -2.44. The number of nitrogens with one attached hydrogen (secondary N) is 2. The molecular formula is C27H27F2N7O2S. The lowest BCUT2D eigenvalue weighted by atomic mass is 10.2. The average Bonchev–Trinajstić information content (AvgIpc) is 3.68. The van der Waals surface area contributed by atoms with Crippen LogP contribution in [0.2, 0.25) is 0 Å². The minimum absolute atomic E-state index is 0.0825. The van der Waals surface area contributed by atoms with E-state index in [1.54, 1.807) is 23.2 Å². The van der Waals surface area contributed by atoms with Crippen LogP contribution in [-0.2, 0) is 17.9 Å². The van der Waals surface area contributed by atoms with Gasteiger partial charge in [0, 0.05) is 25.8 Å². The Kier molecular flexibility index (Phi) is 8.03. The van der Waals surface area contributed by atoms with Crippen LogP contribution in [0.4, 0.5) is 14.7 Å². The summed E-state index contributed by atoms with van der Waals surface area (Å²) in [5.74, 6) is -0.106. The van der Waals surface area contributed by atoms with Gasteiger partial charge in [0.15, 0.2) is 0 Å². The number of halogens is 2. The Morgan fingerprint density at radius 2 is 2.10 bits per heavy atom. The molecule has 39 heavy (non-hydrogen) atoms. The first kappa shape index (κ1) is 26.6. The molecule has 1 aliphatic heterocycles. The van der Waals surface area contributed by atoms with Gasteiger partial charge in [-0.15, -0.1) is 16.4 Å². The number of nitrogens with zero attached hydrogens (tertiary/aromatic N) is 5. The van der Waals surface area contributed by atoms with E-state index in [4.69, 9.17) is 4.98 Å². The van der Waals surface area contributed by atoms with Gasteiger partial charge in [-0.25, -0.2) is 13.8 Å². The van der Waals surface area contributed by atoms with E-state index in [9.17, 15) is 18.4 Å². The number of carbonyl (C=O) groups excluding carboxylic acids is 2. The van der Waals surface area contributed by atoms with E-state index in [1.807, 2.05) is 34.9 Å².